The highest BCUT2D eigenvalue weighted by Gasteiger charge is 2.05. The highest BCUT2D eigenvalue weighted by molar-refractivity contribution is 5.93. The van der Waals surface area contributed by atoms with E-state index in [2.05, 4.69) is 17.2 Å². The van der Waals surface area contributed by atoms with E-state index in [9.17, 15) is 4.79 Å². The molecule has 2 N–H and O–H groups in total. The maximum absolute atomic E-state index is 11.6. The molecule has 1 aromatic carbocycles. The van der Waals surface area contributed by atoms with E-state index in [1.807, 2.05) is 32.0 Å². The van der Waals surface area contributed by atoms with Crippen LogP contribution in [-0.4, -0.2) is 25.6 Å². The number of rotatable bonds is 7. The quantitative estimate of drug-likeness (QED) is 0.574. The zero-order valence-electron chi connectivity index (χ0n) is 11.0. The summed E-state index contributed by atoms with van der Waals surface area (Å²) in [6, 6.07) is 5.62. The van der Waals surface area contributed by atoms with Gasteiger partial charge in [0.15, 0.2) is 0 Å². The van der Waals surface area contributed by atoms with Gasteiger partial charge in [-0.1, -0.05) is 6.08 Å². The summed E-state index contributed by atoms with van der Waals surface area (Å²) in [6.07, 6.45) is 1.72. The molecule has 98 valence electrons. The van der Waals surface area contributed by atoms with Gasteiger partial charge in [0.25, 0.3) is 0 Å². The second kappa shape index (κ2) is 7.50. The van der Waals surface area contributed by atoms with Gasteiger partial charge in [-0.15, -0.1) is 6.58 Å². The number of benzene rings is 1. The molecule has 0 saturated carbocycles. The van der Waals surface area contributed by atoms with Crippen molar-refractivity contribution < 1.29 is 9.53 Å². The molecule has 18 heavy (non-hydrogen) atoms. The number of anilines is 1. The van der Waals surface area contributed by atoms with Crippen molar-refractivity contribution in [2.24, 2.45) is 0 Å². The molecular weight excluding hydrogens is 228 g/mol. The number of ether oxygens (including phenoxy) is 1. The van der Waals surface area contributed by atoms with Gasteiger partial charge < -0.3 is 15.4 Å². The van der Waals surface area contributed by atoms with Crippen molar-refractivity contribution in [1.82, 2.24) is 5.32 Å². The molecule has 0 saturated heterocycles. The lowest BCUT2D eigenvalue weighted by molar-refractivity contribution is -0.115. The lowest BCUT2D eigenvalue weighted by Gasteiger charge is -2.10. The Morgan fingerprint density at radius 1 is 1.50 bits per heavy atom. The van der Waals surface area contributed by atoms with Crippen LogP contribution in [0.4, 0.5) is 5.69 Å². The number of aryl methyl sites for hydroxylation is 1. The standard InChI is InChI=1S/C14H20N2O2/c1-4-8-15-10-14(17)16-13-7-6-12(18-5-2)9-11(13)3/h4,6-7,9,15H,1,5,8,10H2,2-3H3,(H,16,17). The fraction of sp³-hybridized carbons (Fsp3) is 0.357. The summed E-state index contributed by atoms with van der Waals surface area (Å²) in [6.45, 7) is 8.99. The molecular formula is C14H20N2O2. The monoisotopic (exact) mass is 248 g/mol. The summed E-state index contributed by atoms with van der Waals surface area (Å²) in [5, 5.41) is 5.80. The zero-order valence-corrected chi connectivity index (χ0v) is 11.0. The predicted molar refractivity (Wildman–Crippen MR) is 74.0 cm³/mol. The van der Waals surface area contributed by atoms with Crippen LogP contribution in [0.15, 0.2) is 30.9 Å². The minimum absolute atomic E-state index is 0.0656. The molecule has 0 radical (unpaired) electrons. The van der Waals surface area contributed by atoms with Gasteiger partial charge in [-0.2, -0.15) is 0 Å². The average molecular weight is 248 g/mol. The summed E-state index contributed by atoms with van der Waals surface area (Å²) >= 11 is 0. The molecule has 0 aliphatic heterocycles. The Kier molecular flexibility index (Phi) is 5.94. The Morgan fingerprint density at radius 3 is 2.89 bits per heavy atom. The van der Waals surface area contributed by atoms with Crippen molar-refractivity contribution in [3.63, 3.8) is 0 Å². The summed E-state index contributed by atoms with van der Waals surface area (Å²) in [5.41, 5.74) is 1.79. The first-order valence-electron chi connectivity index (χ1n) is 6.02. The van der Waals surface area contributed by atoms with E-state index in [1.54, 1.807) is 6.08 Å². The first-order chi connectivity index (χ1) is 8.67. The molecule has 0 aliphatic carbocycles. The Hall–Kier alpha value is -1.81. The molecule has 0 aromatic heterocycles. The molecule has 0 fully saturated rings. The molecule has 0 unspecified atom stereocenters. The van der Waals surface area contributed by atoms with Crippen molar-refractivity contribution in [3.05, 3.63) is 36.4 Å². The predicted octanol–water partition coefficient (Wildman–Crippen LogP) is 2.11. The van der Waals surface area contributed by atoms with Crippen LogP contribution >= 0.6 is 0 Å². The van der Waals surface area contributed by atoms with Crippen molar-refractivity contribution in [3.8, 4) is 5.75 Å². The van der Waals surface area contributed by atoms with Crippen molar-refractivity contribution in [2.75, 3.05) is 25.0 Å². The van der Waals surface area contributed by atoms with Crippen LogP contribution in [0.25, 0.3) is 0 Å². The molecule has 4 heteroatoms. The highest BCUT2D eigenvalue weighted by atomic mass is 16.5. The molecule has 0 bridgehead atoms. The first kappa shape index (κ1) is 14.3. The Labute approximate surface area is 108 Å². The lowest BCUT2D eigenvalue weighted by atomic mass is 10.2. The molecule has 1 aromatic rings. The van der Waals surface area contributed by atoms with Gasteiger partial charge in [-0.25, -0.2) is 0 Å². The number of hydrogen-bond acceptors (Lipinski definition) is 3. The summed E-state index contributed by atoms with van der Waals surface area (Å²) in [5.74, 6) is 0.752. The fourth-order valence-electron chi connectivity index (χ4n) is 1.52. The number of hydrogen-bond donors (Lipinski definition) is 2. The van der Waals surface area contributed by atoms with E-state index in [-0.39, 0.29) is 12.5 Å². The Morgan fingerprint density at radius 2 is 2.28 bits per heavy atom. The fourth-order valence-corrected chi connectivity index (χ4v) is 1.52. The SMILES string of the molecule is C=CCNCC(=O)Nc1ccc(OCC)cc1C. The van der Waals surface area contributed by atoms with Gasteiger partial charge in [0, 0.05) is 12.2 Å². The molecule has 0 atom stereocenters. The Balaban J connectivity index is 2.56. The molecule has 1 amide bonds. The minimum Gasteiger partial charge on any atom is -0.494 e. The van der Waals surface area contributed by atoms with Crippen molar-refractivity contribution >= 4 is 11.6 Å². The number of carbonyl (C=O) groups is 1. The van der Waals surface area contributed by atoms with Crippen LogP contribution in [-0.2, 0) is 4.79 Å². The van der Waals surface area contributed by atoms with E-state index < -0.39 is 0 Å². The molecule has 0 aliphatic rings. The van der Waals surface area contributed by atoms with Gasteiger partial charge in [0.05, 0.1) is 13.2 Å². The number of carbonyl (C=O) groups excluding carboxylic acids is 1. The van der Waals surface area contributed by atoms with Gasteiger partial charge in [-0.3, -0.25) is 4.79 Å². The maximum Gasteiger partial charge on any atom is 0.238 e. The van der Waals surface area contributed by atoms with Gasteiger partial charge in [0.1, 0.15) is 5.75 Å². The van der Waals surface area contributed by atoms with Crippen LogP contribution in [0.5, 0.6) is 5.75 Å². The summed E-state index contributed by atoms with van der Waals surface area (Å²) in [4.78, 5) is 11.6. The topological polar surface area (TPSA) is 50.4 Å². The zero-order chi connectivity index (χ0) is 13.4. The summed E-state index contributed by atoms with van der Waals surface area (Å²) in [7, 11) is 0. The van der Waals surface area contributed by atoms with E-state index in [4.69, 9.17) is 4.74 Å². The maximum atomic E-state index is 11.6. The van der Waals surface area contributed by atoms with Crippen LogP contribution in [0, 0.1) is 6.92 Å². The average Bonchev–Trinajstić information content (AvgIpc) is 2.33. The van der Waals surface area contributed by atoms with Gasteiger partial charge in [-0.05, 0) is 37.6 Å². The highest BCUT2D eigenvalue weighted by Crippen LogP contribution is 2.21. The summed E-state index contributed by atoms with van der Waals surface area (Å²) < 4.78 is 5.39. The van der Waals surface area contributed by atoms with Crippen molar-refractivity contribution in [1.29, 1.82) is 0 Å². The van der Waals surface area contributed by atoms with E-state index >= 15 is 0 Å². The first-order valence-corrected chi connectivity index (χ1v) is 6.02. The van der Waals surface area contributed by atoms with E-state index in [1.165, 1.54) is 0 Å². The minimum atomic E-state index is -0.0656. The third-order valence-corrected chi connectivity index (χ3v) is 2.36. The van der Waals surface area contributed by atoms with Crippen LogP contribution in [0.2, 0.25) is 0 Å². The molecule has 0 spiro atoms. The second-order valence-electron chi connectivity index (χ2n) is 3.88. The van der Waals surface area contributed by atoms with E-state index in [0.29, 0.717) is 13.2 Å². The number of amides is 1. The second-order valence-corrected chi connectivity index (χ2v) is 3.88. The van der Waals surface area contributed by atoms with Gasteiger partial charge in [0.2, 0.25) is 5.91 Å². The normalized spacial score (nSPS) is 9.89. The largest absolute Gasteiger partial charge is 0.494 e. The molecule has 0 heterocycles. The van der Waals surface area contributed by atoms with Crippen LogP contribution < -0.4 is 15.4 Å². The van der Waals surface area contributed by atoms with Crippen LogP contribution in [0.3, 0.4) is 0 Å². The number of nitrogens with one attached hydrogen (secondary N) is 2. The van der Waals surface area contributed by atoms with Crippen LogP contribution in [0.1, 0.15) is 12.5 Å². The molecule has 4 nitrogen and oxygen atoms in total. The van der Waals surface area contributed by atoms with Gasteiger partial charge >= 0.3 is 0 Å². The Bertz CT molecular complexity index is 416. The van der Waals surface area contributed by atoms with E-state index in [0.717, 1.165) is 17.0 Å². The third kappa shape index (κ3) is 4.59. The van der Waals surface area contributed by atoms with Crippen molar-refractivity contribution in [2.45, 2.75) is 13.8 Å². The lowest BCUT2D eigenvalue weighted by Crippen LogP contribution is -2.28. The molecule has 1 rings (SSSR count). The smallest absolute Gasteiger partial charge is 0.238 e. The third-order valence-electron chi connectivity index (χ3n) is 2.36.